The van der Waals surface area contributed by atoms with E-state index in [1.807, 2.05) is 13.0 Å². The Balaban J connectivity index is 2.18. The van der Waals surface area contributed by atoms with Crippen LogP contribution in [0.1, 0.15) is 30.7 Å². The van der Waals surface area contributed by atoms with Crippen LogP contribution in [0.2, 0.25) is 5.02 Å². The van der Waals surface area contributed by atoms with Gasteiger partial charge in [-0.3, -0.25) is 4.68 Å². The zero-order valence-corrected chi connectivity index (χ0v) is 12.7. The molecule has 2 rings (SSSR count). The van der Waals surface area contributed by atoms with Crippen molar-refractivity contribution in [1.29, 1.82) is 0 Å². The molecule has 0 atom stereocenters. The quantitative estimate of drug-likeness (QED) is 0.914. The third kappa shape index (κ3) is 3.58. The van der Waals surface area contributed by atoms with E-state index in [-0.39, 0.29) is 5.82 Å². The van der Waals surface area contributed by atoms with Crippen LogP contribution < -0.4 is 5.32 Å². The predicted molar refractivity (Wildman–Crippen MR) is 79.5 cm³/mol. The molecule has 0 amide bonds. The van der Waals surface area contributed by atoms with E-state index in [0.717, 1.165) is 17.8 Å². The average molecular weight is 296 g/mol. The number of hydrogen-bond acceptors (Lipinski definition) is 2. The largest absolute Gasteiger partial charge is 0.310 e. The van der Waals surface area contributed by atoms with Crippen molar-refractivity contribution in [1.82, 2.24) is 15.1 Å². The normalized spacial score (nSPS) is 11.3. The standard InChI is InChI=1S/C15H19ClFN3/c1-10(2)18-7-12-4-5-15(17)13(6-12)9-20-11(3)14(16)8-19-20/h4-6,8,10,18H,7,9H2,1-3H3. The molecule has 5 heteroatoms. The molecule has 0 aliphatic carbocycles. The van der Waals surface area contributed by atoms with Crippen LogP contribution in [-0.2, 0) is 13.1 Å². The van der Waals surface area contributed by atoms with E-state index >= 15 is 0 Å². The summed E-state index contributed by atoms with van der Waals surface area (Å²) in [6.07, 6.45) is 1.58. The molecule has 1 heterocycles. The molecule has 0 bridgehead atoms. The maximum atomic E-state index is 13.9. The summed E-state index contributed by atoms with van der Waals surface area (Å²) in [7, 11) is 0. The highest BCUT2D eigenvalue weighted by atomic mass is 35.5. The van der Waals surface area contributed by atoms with Crippen LogP contribution in [0.15, 0.2) is 24.4 Å². The van der Waals surface area contributed by atoms with Crippen molar-refractivity contribution in [2.75, 3.05) is 0 Å². The van der Waals surface area contributed by atoms with Gasteiger partial charge in [-0.05, 0) is 24.6 Å². The number of hydrogen-bond donors (Lipinski definition) is 1. The second-order valence-corrected chi connectivity index (χ2v) is 5.60. The molecule has 0 spiro atoms. The number of benzene rings is 1. The number of rotatable bonds is 5. The first-order chi connectivity index (χ1) is 9.47. The zero-order chi connectivity index (χ0) is 14.7. The Morgan fingerprint density at radius 1 is 1.40 bits per heavy atom. The summed E-state index contributed by atoms with van der Waals surface area (Å²) >= 11 is 5.96. The molecule has 0 fully saturated rings. The number of nitrogens with one attached hydrogen (secondary N) is 1. The Kier molecular flexibility index (Phi) is 4.78. The lowest BCUT2D eigenvalue weighted by Crippen LogP contribution is -2.22. The van der Waals surface area contributed by atoms with Crippen LogP contribution in [0.5, 0.6) is 0 Å². The summed E-state index contributed by atoms with van der Waals surface area (Å²) in [5.74, 6) is -0.218. The average Bonchev–Trinajstić information content (AvgIpc) is 2.71. The van der Waals surface area contributed by atoms with Crippen LogP contribution in [0.3, 0.4) is 0 Å². The first-order valence-corrected chi connectivity index (χ1v) is 7.03. The van der Waals surface area contributed by atoms with Gasteiger partial charge in [0.1, 0.15) is 5.82 Å². The Labute approximate surface area is 123 Å². The van der Waals surface area contributed by atoms with Gasteiger partial charge in [-0.2, -0.15) is 5.10 Å². The summed E-state index contributed by atoms with van der Waals surface area (Å²) in [5.41, 5.74) is 2.53. The lowest BCUT2D eigenvalue weighted by atomic mass is 10.1. The van der Waals surface area contributed by atoms with Crippen molar-refractivity contribution < 1.29 is 4.39 Å². The van der Waals surface area contributed by atoms with Crippen molar-refractivity contribution >= 4 is 11.6 Å². The van der Waals surface area contributed by atoms with Gasteiger partial charge in [0.25, 0.3) is 0 Å². The number of nitrogens with zero attached hydrogens (tertiary/aromatic N) is 2. The second-order valence-electron chi connectivity index (χ2n) is 5.20. The van der Waals surface area contributed by atoms with E-state index in [0.29, 0.717) is 23.2 Å². The highest BCUT2D eigenvalue weighted by Gasteiger charge is 2.09. The molecular weight excluding hydrogens is 277 g/mol. The first kappa shape index (κ1) is 15.0. The van der Waals surface area contributed by atoms with Crippen molar-refractivity contribution in [2.24, 2.45) is 0 Å². The third-order valence-electron chi connectivity index (χ3n) is 3.19. The Morgan fingerprint density at radius 2 is 2.15 bits per heavy atom. The fourth-order valence-electron chi connectivity index (χ4n) is 1.93. The van der Waals surface area contributed by atoms with Crippen molar-refractivity contribution in [3.63, 3.8) is 0 Å². The van der Waals surface area contributed by atoms with Gasteiger partial charge in [0.05, 0.1) is 23.5 Å². The minimum absolute atomic E-state index is 0.218. The summed E-state index contributed by atoms with van der Waals surface area (Å²) in [6.45, 7) is 7.15. The lowest BCUT2D eigenvalue weighted by Gasteiger charge is -2.11. The van der Waals surface area contributed by atoms with Crippen LogP contribution in [0.4, 0.5) is 4.39 Å². The number of aromatic nitrogens is 2. The van der Waals surface area contributed by atoms with Crippen molar-refractivity contribution in [3.05, 3.63) is 52.1 Å². The van der Waals surface area contributed by atoms with Gasteiger partial charge in [-0.1, -0.05) is 31.5 Å². The van der Waals surface area contributed by atoms with Crippen LogP contribution >= 0.6 is 11.6 Å². The van der Waals surface area contributed by atoms with Crippen LogP contribution in [-0.4, -0.2) is 15.8 Å². The SMILES string of the molecule is Cc1c(Cl)cnn1Cc1cc(CNC(C)C)ccc1F. The lowest BCUT2D eigenvalue weighted by molar-refractivity contribution is 0.570. The summed E-state index contributed by atoms with van der Waals surface area (Å²) in [6, 6.07) is 5.58. The summed E-state index contributed by atoms with van der Waals surface area (Å²) < 4.78 is 15.6. The van der Waals surface area contributed by atoms with E-state index in [1.165, 1.54) is 6.07 Å². The molecule has 0 saturated heterocycles. The molecule has 0 radical (unpaired) electrons. The summed E-state index contributed by atoms with van der Waals surface area (Å²) in [4.78, 5) is 0. The topological polar surface area (TPSA) is 29.9 Å². The van der Waals surface area contributed by atoms with Crippen LogP contribution in [0.25, 0.3) is 0 Å². The maximum Gasteiger partial charge on any atom is 0.128 e. The molecule has 20 heavy (non-hydrogen) atoms. The van der Waals surface area contributed by atoms with E-state index in [9.17, 15) is 4.39 Å². The van der Waals surface area contributed by atoms with Gasteiger partial charge in [0.15, 0.2) is 0 Å². The Hall–Kier alpha value is -1.39. The van der Waals surface area contributed by atoms with Gasteiger partial charge in [-0.15, -0.1) is 0 Å². The van der Waals surface area contributed by atoms with E-state index in [1.54, 1.807) is 16.9 Å². The number of halogens is 2. The molecule has 1 aromatic carbocycles. The van der Waals surface area contributed by atoms with Gasteiger partial charge in [0, 0.05) is 18.2 Å². The molecule has 0 aliphatic rings. The summed E-state index contributed by atoms with van der Waals surface area (Å²) in [5, 5.41) is 8.08. The van der Waals surface area contributed by atoms with E-state index in [2.05, 4.69) is 24.3 Å². The minimum atomic E-state index is -0.218. The van der Waals surface area contributed by atoms with Gasteiger partial charge in [-0.25, -0.2) is 4.39 Å². The predicted octanol–water partition coefficient (Wildman–Crippen LogP) is 3.53. The highest BCUT2D eigenvalue weighted by Crippen LogP contribution is 2.17. The smallest absolute Gasteiger partial charge is 0.128 e. The maximum absolute atomic E-state index is 13.9. The van der Waals surface area contributed by atoms with Crippen molar-refractivity contribution in [2.45, 2.75) is 39.9 Å². The highest BCUT2D eigenvalue weighted by molar-refractivity contribution is 6.31. The van der Waals surface area contributed by atoms with Gasteiger partial charge in [0.2, 0.25) is 0 Å². The fourth-order valence-corrected chi connectivity index (χ4v) is 2.07. The molecule has 2 aromatic rings. The zero-order valence-electron chi connectivity index (χ0n) is 12.0. The first-order valence-electron chi connectivity index (χ1n) is 6.66. The van der Waals surface area contributed by atoms with Crippen molar-refractivity contribution in [3.8, 4) is 0 Å². The molecule has 1 aromatic heterocycles. The van der Waals surface area contributed by atoms with Gasteiger partial charge < -0.3 is 5.32 Å². The van der Waals surface area contributed by atoms with Gasteiger partial charge >= 0.3 is 0 Å². The Morgan fingerprint density at radius 3 is 2.75 bits per heavy atom. The molecule has 0 aliphatic heterocycles. The minimum Gasteiger partial charge on any atom is -0.310 e. The second kappa shape index (κ2) is 6.37. The molecular formula is C15H19ClFN3. The van der Waals surface area contributed by atoms with E-state index < -0.39 is 0 Å². The third-order valence-corrected chi connectivity index (χ3v) is 3.56. The fraction of sp³-hybridized carbons (Fsp3) is 0.400. The molecule has 0 unspecified atom stereocenters. The molecule has 3 nitrogen and oxygen atoms in total. The Bertz CT molecular complexity index is 593. The molecule has 108 valence electrons. The molecule has 0 saturated carbocycles. The monoisotopic (exact) mass is 295 g/mol. The van der Waals surface area contributed by atoms with E-state index in [4.69, 9.17) is 11.6 Å². The van der Waals surface area contributed by atoms with Crippen LogP contribution in [0, 0.1) is 12.7 Å². The molecule has 1 N–H and O–H groups in total.